The number of nitrogens with zero attached hydrogens (tertiary/aromatic N) is 3. The van der Waals surface area contributed by atoms with Crippen LogP contribution >= 0.6 is 35.0 Å². The van der Waals surface area contributed by atoms with Crippen molar-refractivity contribution in [2.75, 3.05) is 11.1 Å². The fraction of sp³-hybridized carbons (Fsp3) is 0.227. The second kappa shape index (κ2) is 10.7. The van der Waals surface area contributed by atoms with Crippen molar-refractivity contribution in [3.05, 3.63) is 76.0 Å². The van der Waals surface area contributed by atoms with Crippen molar-refractivity contribution in [1.29, 1.82) is 0 Å². The lowest BCUT2D eigenvalue weighted by atomic mass is 10.1. The number of halogens is 2. The van der Waals surface area contributed by atoms with E-state index < -0.39 is 0 Å². The number of anilines is 1. The predicted molar refractivity (Wildman–Crippen MR) is 126 cm³/mol. The summed E-state index contributed by atoms with van der Waals surface area (Å²) in [5, 5.41) is 12.5. The maximum absolute atomic E-state index is 12.4. The first-order valence-electron chi connectivity index (χ1n) is 9.48. The molecule has 0 fully saturated rings. The molecule has 0 atom stereocenters. The number of hydrogen-bond donors (Lipinski definition) is 1. The van der Waals surface area contributed by atoms with E-state index in [1.807, 2.05) is 29.7 Å². The Morgan fingerprint density at radius 1 is 1.19 bits per heavy atom. The van der Waals surface area contributed by atoms with E-state index in [0.29, 0.717) is 33.3 Å². The second-order valence-electron chi connectivity index (χ2n) is 6.77. The van der Waals surface area contributed by atoms with E-state index in [4.69, 9.17) is 27.9 Å². The van der Waals surface area contributed by atoms with Crippen LogP contribution in [0.4, 0.5) is 5.69 Å². The molecule has 1 N–H and O–H groups in total. The second-order valence-corrected chi connectivity index (χ2v) is 8.52. The maximum Gasteiger partial charge on any atom is 0.234 e. The Morgan fingerprint density at radius 3 is 2.61 bits per heavy atom. The van der Waals surface area contributed by atoms with E-state index in [-0.39, 0.29) is 18.3 Å². The van der Waals surface area contributed by atoms with Crippen molar-refractivity contribution >= 4 is 46.6 Å². The van der Waals surface area contributed by atoms with Crippen LogP contribution in [0, 0.1) is 13.8 Å². The zero-order valence-electron chi connectivity index (χ0n) is 17.2. The Kier molecular flexibility index (Phi) is 8.01. The van der Waals surface area contributed by atoms with Crippen LogP contribution in [-0.2, 0) is 17.9 Å². The lowest BCUT2D eigenvalue weighted by molar-refractivity contribution is -0.113. The van der Waals surface area contributed by atoms with E-state index in [1.165, 1.54) is 17.3 Å². The quantitative estimate of drug-likeness (QED) is 0.316. The molecule has 2 aromatic carbocycles. The molecule has 6 nitrogen and oxygen atoms in total. The highest BCUT2D eigenvalue weighted by Gasteiger charge is 2.15. The van der Waals surface area contributed by atoms with E-state index in [9.17, 15) is 4.79 Å². The summed E-state index contributed by atoms with van der Waals surface area (Å²) in [6.07, 6.45) is 1.75. The minimum Gasteiger partial charge on any atom is -0.486 e. The van der Waals surface area contributed by atoms with Crippen molar-refractivity contribution in [3.8, 4) is 5.75 Å². The summed E-state index contributed by atoms with van der Waals surface area (Å²) in [6.45, 7) is 8.64. The van der Waals surface area contributed by atoms with Gasteiger partial charge in [0.15, 0.2) is 11.0 Å². The monoisotopic (exact) mass is 476 g/mol. The number of benzene rings is 2. The van der Waals surface area contributed by atoms with Gasteiger partial charge in [-0.3, -0.25) is 9.36 Å². The van der Waals surface area contributed by atoms with Crippen LogP contribution in [0.15, 0.2) is 54.2 Å². The molecule has 1 amide bonds. The number of nitrogens with one attached hydrogen (secondary N) is 1. The van der Waals surface area contributed by atoms with Gasteiger partial charge in [0.2, 0.25) is 5.91 Å². The van der Waals surface area contributed by atoms with E-state index in [0.717, 1.165) is 11.3 Å². The number of amides is 1. The van der Waals surface area contributed by atoms with Crippen molar-refractivity contribution in [3.63, 3.8) is 0 Å². The number of rotatable bonds is 9. The summed E-state index contributed by atoms with van der Waals surface area (Å²) in [4.78, 5) is 12.4. The summed E-state index contributed by atoms with van der Waals surface area (Å²) in [5.74, 6) is 1.28. The summed E-state index contributed by atoms with van der Waals surface area (Å²) in [6, 6.07) is 11.0. The van der Waals surface area contributed by atoms with Crippen LogP contribution in [0.3, 0.4) is 0 Å². The van der Waals surface area contributed by atoms with Gasteiger partial charge in [-0.25, -0.2) is 0 Å². The Balaban J connectivity index is 1.64. The number of carbonyl (C=O) groups excluding carboxylic acids is 1. The largest absolute Gasteiger partial charge is 0.486 e. The van der Waals surface area contributed by atoms with Crippen LogP contribution in [0.2, 0.25) is 10.0 Å². The zero-order chi connectivity index (χ0) is 22.4. The molecule has 0 aliphatic rings. The summed E-state index contributed by atoms with van der Waals surface area (Å²) in [7, 11) is 0. The minimum atomic E-state index is -0.249. The smallest absolute Gasteiger partial charge is 0.234 e. The molecule has 0 saturated carbocycles. The standard InChI is InChI=1S/C22H22Cl2N4O2S/c1-4-10-28-19(12-30-16-9-8-14(2)15(3)11-16)26-27-22(28)31-13-20(29)25-21-17(23)6-5-7-18(21)24/h4-9,11H,1,10,12-13H2,2-3H3,(H,25,29). The molecule has 9 heteroatoms. The molecule has 0 aliphatic carbocycles. The Bertz CT molecular complexity index is 1080. The van der Waals surface area contributed by atoms with Gasteiger partial charge in [-0.05, 0) is 49.2 Å². The number of para-hydroxylation sites is 1. The number of ether oxygens (including phenoxy) is 1. The number of hydrogen-bond acceptors (Lipinski definition) is 5. The Morgan fingerprint density at radius 2 is 1.94 bits per heavy atom. The van der Waals surface area contributed by atoms with E-state index >= 15 is 0 Å². The molecule has 0 radical (unpaired) electrons. The van der Waals surface area contributed by atoms with Crippen LogP contribution in [0.1, 0.15) is 17.0 Å². The first kappa shape index (κ1) is 23.2. The third-order valence-electron chi connectivity index (χ3n) is 4.51. The maximum atomic E-state index is 12.4. The van der Waals surface area contributed by atoms with Crippen LogP contribution in [-0.4, -0.2) is 26.4 Å². The first-order valence-corrected chi connectivity index (χ1v) is 11.2. The Hall–Kier alpha value is -2.48. The molecule has 1 heterocycles. The molecular formula is C22H22Cl2N4O2S. The van der Waals surface area contributed by atoms with Gasteiger partial charge >= 0.3 is 0 Å². The minimum absolute atomic E-state index is 0.120. The van der Waals surface area contributed by atoms with E-state index in [1.54, 1.807) is 24.3 Å². The highest BCUT2D eigenvalue weighted by Crippen LogP contribution is 2.30. The molecule has 0 saturated heterocycles. The van der Waals surface area contributed by atoms with Gasteiger partial charge in [-0.1, -0.05) is 53.2 Å². The average Bonchev–Trinajstić information content (AvgIpc) is 3.12. The molecule has 3 rings (SSSR count). The van der Waals surface area contributed by atoms with Gasteiger partial charge in [-0.15, -0.1) is 16.8 Å². The highest BCUT2D eigenvalue weighted by atomic mass is 35.5. The van der Waals surface area contributed by atoms with E-state index in [2.05, 4.69) is 29.0 Å². The fourth-order valence-electron chi connectivity index (χ4n) is 2.72. The van der Waals surface area contributed by atoms with Crippen molar-refractivity contribution in [1.82, 2.24) is 14.8 Å². The number of allylic oxidation sites excluding steroid dienone is 1. The Labute approximate surface area is 195 Å². The third-order valence-corrected chi connectivity index (χ3v) is 6.11. The van der Waals surface area contributed by atoms with Crippen molar-refractivity contribution < 1.29 is 9.53 Å². The van der Waals surface area contributed by atoms with Gasteiger partial charge in [-0.2, -0.15) is 0 Å². The summed E-state index contributed by atoms with van der Waals surface area (Å²) in [5.41, 5.74) is 2.76. The predicted octanol–water partition coefficient (Wildman–Crippen LogP) is 5.70. The van der Waals surface area contributed by atoms with Gasteiger partial charge in [0.25, 0.3) is 0 Å². The number of aromatic nitrogens is 3. The molecule has 31 heavy (non-hydrogen) atoms. The molecular weight excluding hydrogens is 455 g/mol. The van der Waals surface area contributed by atoms with Gasteiger partial charge in [0, 0.05) is 6.54 Å². The van der Waals surface area contributed by atoms with Crippen LogP contribution in [0.25, 0.3) is 0 Å². The summed E-state index contributed by atoms with van der Waals surface area (Å²) >= 11 is 13.5. The normalized spacial score (nSPS) is 10.7. The van der Waals surface area contributed by atoms with Gasteiger partial charge in [0.1, 0.15) is 12.4 Å². The highest BCUT2D eigenvalue weighted by molar-refractivity contribution is 7.99. The topological polar surface area (TPSA) is 69.0 Å². The molecule has 0 spiro atoms. The third kappa shape index (κ3) is 6.03. The summed E-state index contributed by atoms with van der Waals surface area (Å²) < 4.78 is 7.75. The molecule has 0 unspecified atom stereocenters. The zero-order valence-corrected chi connectivity index (χ0v) is 19.5. The number of carbonyl (C=O) groups is 1. The lowest BCUT2D eigenvalue weighted by Crippen LogP contribution is -2.15. The molecule has 0 aliphatic heterocycles. The van der Waals surface area contributed by atoms with Crippen molar-refractivity contribution in [2.24, 2.45) is 0 Å². The average molecular weight is 477 g/mol. The first-order chi connectivity index (χ1) is 14.9. The molecule has 3 aromatic rings. The molecule has 0 bridgehead atoms. The van der Waals surface area contributed by atoms with Crippen molar-refractivity contribution in [2.45, 2.75) is 32.2 Å². The molecule has 1 aromatic heterocycles. The van der Waals surface area contributed by atoms with Crippen LogP contribution < -0.4 is 10.1 Å². The van der Waals surface area contributed by atoms with Crippen LogP contribution in [0.5, 0.6) is 5.75 Å². The fourth-order valence-corrected chi connectivity index (χ4v) is 3.98. The SMILES string of the molecule is C=CCn1c(COc2ccc(C)c(C)c2)nnc1SCC(=O)Nc1c(Cl)cccc1Cl. The van der Waals surface area contributed by atoms with Gasteiger partial charge < -0.3 is 10.1 Å². The number of thioether (sulfide) groups is 1. The molecule has 162 valence electrons. The number of aryl methyl sites for hydroxylation is 2. The van der Waals surface area contributed by atoms with Gasteiger partial charge in [0.05, 0.1) is 21.5 Å². The lowest BCUT2D eigenvalue weighted by Gasteiger charge is -2.11.